The maximum absolute atomic E-state index is 11.0. The van der Waals surface area contributed by atoms with E-state index >= 15 is 0 Å². The molecular weight excluding hydrogens is 276 g/mol. The minimum Gasteiger partial charge on any atom is -0.298 e. The summed E-state index contributed by atoms with van der Waals surface area (Å²) in [6, 6.07) is 0.361. The van der Waals surface area contributed by atoms with E-state index in [4.69, 9.17) is 11.6 Å². The highest BCUT2D eigenvalue weighted by Gasteiger charge is 2.28. The van der Waals surface area contributed by atoms with Crippen molar-refractivity contribution < 1.29 is 4.79 Å². The predicted molar refractivity (Wildman–Crippen MR) is 62.6 cm³/mol. The van der Waals surface area contributed by atoms with Crippen molar-refractivity contribution in [3.05, 3.63) is 17.0 Å². The zero-order chi connectivity index (χ0) is 12.5. The molecule has 0 aromatic carbocycles. The molecule has 0 unspecified atom stereocenters. The number of hydrogen-bond donors (Lipinski definition) is 0. The zero-order valence-electron chi connectivity index (χ0n) is 9.02. The number of hydrogen-bond acceptors (Lipinski definition) is 7. The van der Waals surface area contributed by atoms with Crippen LogP contribution in [0.4, 0.5) is 0 Å². The summed E-state index contributed by atoms with van der Waals surface area (Å²) in [4.78, 5) is 18.8. The maximum atomic E-state index is 11.0. The van der Waals surface area contributed by atoms with Gasteiger partial charge in [0.05, 0.1) is 11.6 Å². The number of nitrogens with zero attached hydrogens (tertiary/aromatic N) is 6. The number of aromatic nitrogens is 6. The molecule has 1 aliphatic carbocycles. The average Bonchev–Trinajstić information content (AvgIpc) is 3.11. The predicted octanol–water partition coefficient (Wildman–Crippen LogP) is 1.42. The molecule has 0 atom stereocenters. The highest BCUT2D eigenvalue weighted by Crippen LogP contribution is 2.38. The van der Waals surface area contributed by atoms with Crippen molar-refractivity contribution in [1.82, 2.24) is 30.2 Å². The first-order chi connectivity index (χ1) is 8.79. The molecule has 0 aliphatic heterocycles. The van der Waals surface area contributed by atoms with E-state index in [9.17, 15) is 4.79 Å². The van der Waals surface area contributed by atoms with Gasteiger partial charge in [-0.1, -0.05) is 11.6 Å². The molecule has 0 spiro atoms. The standard InChI is InChI=1S/C9H7ClN6OS/c10-7-6(3-17)8(12-4-11-7)18-9-13-14-15-16(9)5-1-2-5/h3-5H,1-2H2. The molecule has 92 valence electrons. The smallest absolute Gasteiger partial charge is 0.215 e. The Balaban J connectivity index is 1.94. The minimum atomic E-state index is 0.132. The fraction of sp³-hybridized carbons (Fsp3) is 0.333. The lowest BCUT2D eigenvalue weighted by Crippen LogP contribution is -2.00. The van der Waals surface area contributed by atoms with Gasteiger partial charge in [-0.25, -0.2) is 14.6 Å². The molecule has 2 aromatic rings. The van der Waals surface area contributed by atoms with Crippen LogP contribution < -0.4 is 0 Å². The van der Waals surface area contributed by atoms with Crippen LogP contribution in [0, 0.1) is 0 Å². The van der Waals surface area contributed by atoms with Crippen molar-refractivity contribution in [2.24, 2.45) is 0 Å². The second kappa shape index (κ2) is 4.62. The van der Waals surface area contributed by atoms with Gasteiger partial charge in [-0.3, -0.25) is 4.79 Å². The first-order valence-corrected chi connectivity index (χ1v) is 6.40. The number of carbonyl (C=O) groups excluding carboxylic acids is 1. The molecule has 0 bridgehead atoms. The Morgan fingerprint density at radius 3 is 3.00 bits per heavy atom. The van der Waals surface area contributed by atoms with Gasteiger partial charge in [0.25, 0.3) is 0 Å². The molecule has 18 heavy (non-hydrogen) atoms. The third-order valence-corrected chi connectivity index (χ3v) is 3.73. The van der Waals surface area contributed by atoms with E-state index in [1.165, 1.54) is 18.1 Å². The van der Waals surface area contributed by atoms with Crippen molar-refractivity contribution >= 4 is 29.6 Å². The fourth-order valence-corrected chi connectivity index (χ4v) is 2.54. The van der Waals surface area contributed by atoms with Crippen LogP contribution in [0.5, 0.6) is 0 Å². The van der Waals surface area contributed by atoms with Crippen molar-refractivity contribution in [1.29, 1.82) is 0 Å². The van der Waals surface area contributed by atoms with Crippen molar-refractivity contribution in [2.75, 3.05) is 0 Å². The first kappa shape index (κ1) is 11.5. The molecule has 0 N–H and O–H groups in total. The maximum Gasteiger partial charge on any atom is 0.215 e. The van der Waals surface area contributed by atoms with Crippen LogP contribution in [0.1, 0.15) is 29.2 Å². The van der Waals surface area contributed by atoms with E-state index in [-0.39, 0.29) is 10.7 Å². The third kappa shape index (κ3) is 2.08. The van der Waals surface area contributed by atoms with Gasteiger partial charge in [-0.2, -0.15) is 0 Å². The normalized spacial score (nSPS) is 14.7. The molecule has 1 saturated carbocycles. The third-order valence-electron chi connectivity index (χ3n) is 2.46. The number of carbonyl (C=O) groups is 1. The van der Waals surface area contributed by atoms with E-state index < -0.39 is 0 Å². The second-order valence-corrected chi connectivity index (χ2v) is 5.05. The van der Waals surface area contributed by atoms with Crippen molar-refractivity contribution in [3.63, 3.8) is 0 Å². The highest BCUT2D eigenvalue weighted by molar-refractivity contribution is 7.99. The van der Waals surface area contributed by atoms with E-state index in [1.807, 2.05) is 0 Å². The monoisotopic (exact) mass is 282 g/mol. The van der Waals surface area contributed by atoms with Gasteiger partial charge < -0.3 is 0 Å². The van der Waals surface area contributed by atoms with Crippen molar-refractivity contribution in [2.45, 2.75) is 29.1 Å². The lowest BCUT2D eigenvalue weighted by atomic mass is 10.4. The number of tetrazole rings is 1. The molecule has 0 amide bonds. The summed E-state index contributed by atoms with van der Waals surface area (Å²) in [5, 5.41) is 12.7. The average molecular weight is 283 g/mol. The Morgan fingerprint density at radius 1 is 1.44 bits per heavy atom. The summed E-state index contributed by atoms with van der Waals surface area (Å²) in [6.07, 6.45) is 4.09. The number of halogens is 1. The molecule has 0 radical (unpaired) electrons. The Labute approximate surface area is 111 Å². The van der Waals surface area contributed by atoms with Gasteiger partial charge in [0.2, 0.25) is 5.16 Å². The Hall–Kier alpha value is -1.54. The van der Waals surface area contributed by atoms with Gasteiger partial charge in [0, 0.05) is 0 Å². The molecule has 2 aromatic heterocycles. The minimum absolute atomic E-state index is 0.132. The molecule has 7 nitrogen and oxygen atoms in total. The molecule has 3 rings (SSSR count). The van der Waals surface area contributed by atoms with Crippen LogP contribution in [0.3, 0.4) is 0 Å². The lowest BCUT2D eigenvalue weighted by Gasteiger charge is -2.03. The first-order valence-electron chi connectivity index (χ1n) is 5.21. The zero-order valence-corrected chi connectivity index (χ0v) is 10.6. The number of aldehydes is 1. The molecule has 1 aliphatic rings. The van der Waals surface area contributed by atoms with Crippen molar-refractivity contribution in [3.8, 4) is 0 Å². The van der Waals surface area contributed by atoms with Gasteiger partial charge in [0.1, 0.15) is 16.5 Å². The summed E-state index contributed by atoms with van der Waals surface area (Å²) in [5.74, 6) is 0. The summed E-state index contributed by atoms with van der Waals surface area (Å²) >= 11 is 7.04. The van der Waals surface area contributed by atoms with Crippen LogP contribution in [-0.2, 0) is 0 Å². The van der Waals surface area contributed by atoms with Crippen LogP contribution in [0.25, 0.3) is 0 Å². The quantitative estimate of drug-likeness (QED) is 0.619. The van der Waals surface area contributed by atoms with Gasteiger partial charge >= 0.3 is 0 Å². The summed E-state index contributed by atoms with van der Waals surface area (Å²) in [6.45, 7) is 0. The van der Waals surface area contributed by atoms with E-state index in [2.05, 4.69) is 25.5 Å². The Kier molecular flexibility index (Phi) is 2.96. The fourth-order valence-electron chi connectivity index (χ4n) is 1.43. The Bertz CT molecular complexity index is 598. The molecule has 1 fully saturated rings. The second-order valence-electron chi connectivity index (χ2n) is 3.74. The summed E-state index contributed by atoms with van der Waals surface area (Å²) < 4.78 is 1.75. The topological polar surface area (TPSA) is 86.4 Å². The van der Waals surface area contributed by atoms with E-state index in [1.54, 1.807) is 4.68 Å². The van der Waals surface area contributed by atoms with Gasteiger partial charge in [-0.15, -0.1) is 5.10 Å². The lowest BCUT2D eigenvalue weighted by molar-refractivity contribution is 0.112. The van der Waals surface area contributed by atoms with Crippen LogP contribution in [0.2, 0.25) is 5.15 Å². The molecule has 2 heterocycles. The Morgan fingerprint density at radius 2 is 2.28 bits per heavy atom. The largest absolute Gasteiger partial charge is 0.298 e. The molecular formula is C9H7ClN6OS. The van der Waals surface area contributed by atoms with Crippen LogP contribution in [0.15, 0.2) is 16.5 Å². The summed E-state index contributed by atoms with van der Waals surface area (Å²) in [5.41, 5.74) is 0.259. The van der Waals surface area contributed by atoms with Gasteiger partial charge in [-0.05, 0) is 35.0 Å². The van der Waals surface area contributed by atoms with E-state index in [0.29, 0.717) is 22.5 Å². The van der Waals surface area contributed by atoms with Crippen LogP contribution >= 0.6 is 23.4 Å². The molecule has 9 heteroatoms. The SMILES string of the molecule is O=Cc1c(Cl)ncnc1Sc1nnnn1C1CC1. The van der Waals surface area contributed by atoms with Gasteiger partial charge in [0.15, 0.2) is 6.29 Å². The van der Waals surface area contributed by atoms with Crippen LogP contribution in [-0.4, -0.2) is 36.5 Å². The number of rotatable bonds is 4. The summed E-state index contributed by atoms with van der Waals surface area (Å²) in [7, 11) is 0. The highest BCUT2D eigenvalue weighted by atomic mass is 35.5. The molecule has 0 saturated heterocycles. The van der Waals surface area contributed by atoms with E-state index in [0.717, 1.165) is 12.8 Å².